The Bertz CT molecular complexity index is 1050. The lowest BCUT2D eigenvalue weighted by atomic mass is 10.2. The van der Waals surface area contributed by atoms with Gasteiger partial charge >= 0.3 is 5.69 Å². The van der Waals surface area contributed by atoms with Gasteiger partial charge in [-0.25, -0.2) is 8.78 Å². The number of nitrogens with zero attached hydrogens (tertiary/aromatic N) is 4. The maximum atomic E-state index is 13.0. The van der Waals surface area contributed by atoms with Gasteiger partial charge in [0.1, 0.15) is 12.2 Å². The fourth-order valence-electron chi connectivity index (χ4n) is 2.65. The molecule has 0 aliphatic heterocycles. The summed E-state index contributed by atoms with van der Waals surface area (Å²) in [5, 5.41) is 18.0. The Morgan fingerprint density at radius 2 is 2.15 bits per heavy atom. The van der Waals surface area contributed by atoms with Gasteiger partial charge in [0, 0.05) is 16.1 Å². The van der Waals surface area contributed by atoms with E-state index in [2.05, 4.69) is 31.3 Å². The van der Waals surface area contributed by atoms with Crippen molar-refractivity contribution in [1.82, 2.24) is 14.8 Å². The van der Waals surface area contributed by atoms with Gasteiger partial charge in [-0.1, -0.05) is 22.0 Å². The van der Waals surface area contributed by atoms with E-state index < -0.39 is 35.2 Å². The molecular formula is C16H12BrF2N5O3. The lowest BCUT2D eigenvalue weighted by Gasteiger charge is -2.09. The first-order valence-corrected chi connectivity index (χ1v) is 8.41. The molecule has 1 amide bonds. The first-order chi connectivity index (χ1) is 12.8. The second kappa shape index (κ2) is 7.35. The molecule has 3 aromatic rings. The van der Waals surface area contributed by atoms with Crippen LogP contribution in [0.1, 0.15) is 17.8 Å². The van der Waals surface area contributed by atoms with Crippen molar-refractivity contribution in [3.05, 3.63) is 56.4 Å². The smallest absolute Gasteiger partial charge is 0.319 e. The molecule has 0 aliphatic carbocycles. The van der Waals surface area contributed by atoms with Gasteiger partial charge < -0.3 is 5.32 Å². The number of fused-ring (bicyclic) bond motifs is 1. The van der Waals surface area contributed by atoms with E-state index in [1.165, 1.54) is 6.92 Å². The van der Waals surface area contributed by atoms with E-state index in [4.69, 9.17) is 0 Å². The number of aromatic nitrogens is 3. The van der Waals surface area contributed by atoms with E-state index in [0.29, 0.717) is 11.2 Å². The number of carbonyl (C=O) groups excluding carboxylic acids is 1. The molecule has 3 rings (SSSR count). The average Bonchev–Trinajstić information content (AvgIpc) is 2.94. The molecule has 27 heavy (non-hydrogen) atoms. The second-order valence-electron chi connectivity index (χ2n) is 5.58. The van der Waals surface area contributed by atoms with Gasteiger partial charge in [-0.15, -0.1) is 0 Å². The van der Waals surface area contributed by atoms with Crippen LogP contribution < -0.4 is 5.32 Å². The average molecular weight is 440 g/mol. The fourth-order valence-corrected chi connectivity index (χ4v) is 3.10. The number of nitro groups is 1. The third kappa shape index (κ3) is 3.63. The van der Waals surface area contributed by atoms with E-state index >= 15 is 0 Å². The zero-order valence-electron chi connectivity index (χ0n) is 13.8. The van der Waals surface area contributed by atoms with E-state index in [-0.39, 0.29) is 5.69 Å². The molecule has 0 unspecified atom stereocenters. The van der Waals surface area contributed by atoms with Gasteiger partial charge in [-0.2, -0.15) is 5.10 Å². The van der Waals surface area contributed by atoms with Crippen molar-refractivity contribution in [1.29, 1.82) is 0 Å². The highest BCUT2D eigenvalue weighted by molar-refractivity contribution is 9.10. The maximum Gasteiger partial charge on any atom is 0.319 e. The minimum absolute atomic E-state index is 0.121. The van der Waals surface area contributed by atoms with Gasteiger partial charge in [0.15, 0.2) is 0 Å². The minimum atomic E-state index is -3.12. The predicted octanol–water partition coefficient (Wildman–Crippen LogP) is 3.99. The van der Waals surface area contributed by atoms with Gasteiger partial charge in [0.2, 0.25) is 11.6 Å². The van der Waals surface area contributed by atoms with Crippen molar-refractivity contribution >= 4 is 44.1 Å². The summed E-state index contributed by atoms with van der Waals surface area (Å²) in [6.45, 7) is 0.810. The molecular weight excluding hydrogens is 428 g/mol. The molecule has 1 aromatic carbocycles. The summed E-state index contributed by atoms with van der Waals surface area (Å²) >= 11 is 3.40. The van der Waals surface area contributed by atoms with Gasteiger partial charge in [0.25, 0.3) is 6.43 Å². The lowest BCUT2D eigenvalue weighted by molar-refractivity contribution is -0.386. The molecule has 0 saturated heterocycles. The Morgan fingerprint density at radius 1 is 1.41 bits per heavy atom. The second-order valence-corrected chi connectivity index (χ2v) is 6.43. The summed E-state index contributed by atoms with van der Waals surface area (Å²) in [7, 11) is 0. The third-order valence-electron chi connectivity index (χ3n) is 3.87. The van der Waals surface area contributed by atoms with Crippen LogP contribution in [0.3, 0.4) is 0 Å². The number of hydrogen-bond donors (Lipinski definition) is 1. The predicted molar refractivity (Wildman–Crippen MR) is 96.6 cm³/mol. The summed E-state index contributed by atoms with van der Waals surface area (Å²) in [6.07, 6.45) is -1.55. The lowest BCUT2D eigenvalue weighted by Crippen LogP contribution is -2.20. The van der Waals surface area contributed by atoms with Crippen molar-refractivity contribution in [2.24, 2.45) is 0 Å². The highest BCUT2D eigenvalue weighted by Crippen LogP contribution is 2.31. The van der Waals surface area contributed by atoms with Crippen molar-refractivity contribution in [3.8, 4) is 0 Å². The molecule has 0 radical (unpaired) electrons. The summed E-state index contributed by atoms with van der Waals surface area (Å²) in [5.41, 5.74) is -0.900. The number of nitrogens with one attached hydrogen (secondary N) is 1. The number of halogens is 3. The maximum absolute atomic E-state index is 13.0. The Kier molecular flexibility index (Phi) is 5.13. The van der Waals surface area contributed by atoms with Crippen LogP contribution in [0.25, 0.3) is 10.9 Å². The standard InChI is InChI=1S/C16H12BrF2N5O3/c1-8-15(24(26)27)14(16(18)19)22-23(8)7-12(25)21-11-5-4-10(17)9-3-2-6-20-13(9)11/h2-6,16H,7H2,1H3,(H,21,25). The van der Waals surface area contributed by atoms with Gasteiger partial charge in [0.05, 0.1) is 16.1 Å². The quantitative estimate of drug-likeness (QED) is 0.478. The zero-order chi connectivity index (χ0) is 19.7. The number of rotatable bonds is 5. The van der Waals surface area contributed by atoms with Crippen molar-refractivity contribution in [3.63, 3.8) is 0 Å². The van der Waals surface area contributed by atoms with Crippen LogP contribution in [-0.4, -0.2) is 25.6 Å². The summed E-state index contributed by atoms with van der Waals surface area (Å²) < 4.78 is 27.7. The minimum Gasteiger partial charge on any atom is -0.323 e. The molecule has 0 saturated carbocycles. The van der Waals surface area contributed by atoms with Crippen LogP contribution in [0.2, 0.25) is 0 Å². The highest BCUT2D eigenvalue weighted by atomic mass is 79.9. The number of benzene rings is 1. The molecule has 0 bridgehead atoms. The van der Waals surface area contributed by atoms with Gasteiger partial charge in [-0.05, 0) is 25.1 Å². The highest BCUT2D eigenvalue weighted by Gasteiger charge is 2.31. The van der Waals surface area contributed by atoms with Crippen molar-refractivity contribution in [2.45, 2.75) is 19.9 Å². The Labute approximate surface area is 159 Å². The molecule has 0 atom stereocenters. The van der Waals surface area contributed by atoms with Gasteiger partial charge in [-0.3, -0.25) is 24.6 Å². The molecule has 2 heterocycles. The summed E-state index contributed by atoms with van der Waals surface area (Å²) in [5.74, 6) is -0.578. The van der Waals surface area contributed by atoms with Crippen molar-refractivity contribution < 1.29 is 18.5 Å². The Balaban J connectivity index is 1.89. The van der Waals surface area contributed by atoms with Crippen molar-refractivity contribution in [2.75, 3.05) is 5.32 Å². The number of amides is 1. The number of alkyl halides is 2. The Hall–Kier alpha value is -2.95. The Morgan fingerprint density at radius 3 is 2.78 bits per heavy atom. The summed E-state index contributed by atoms with van der Waals surface area (Å²) in [6, 6.07) is 6.94. The number of anilines is 1. The van der Waals surface area contributed by atoms with Crippen LogP contribution in [0.4, 0.5) is 20.2 Å². The fraction of sp³-hybridized carbons (Fsp3) is 0.188. The molecule has 140 valence electrons. The van der Waals surface area contributed by atoms with E-state index in [1.807, 2.05) is 6.07 Å². The van der Waals surface area contributed by atoms with E-state index in [9.17, 15) is 23.7 Å². The molecule has 11 heteroatoms. The van der Waals surface area contributed by atoms with Crippen LogP contribution >= 0.6 is 15.9 Å². The van der Waals surface area contributed by atoms with E-state index in [0.717, 1.165) is 14.5 Å². The molecule has 0 spiro atoms. The molecule has 0 aliphatic rings. The third-order valence-corrected chi connectivity index (χ3v) is 4.57. The molecule has 0 fully saturated rings. The number of pyridine rings is 1. The van der Waals surface area contributed by atoms with Crippen LogP contribution in [-0.2, 0) is 11.3 Å². The molecule has 2 aromatic heterocycles. The first-order valence-electron chi connectivity index (χ1n) is 7.62. The normalized spacial score (nSPS) is 11.1. The van der Waals surface area contributed by atoms with Crippen LogP contribution in [0.5, 0.6) is 0 Å². The van der Waals surface area contributed by atoms with E-state index in [1.54, 1.807) is 24.4 Å². The zero-order valence-corrected chi connectivity index (χ0v) is 15.4. The molecule has 8 nitrogen and oxygen atoms in total. The topological polar surface area (TPSA) is 103 Å². The van der Waals surface area contributed by atoms with Crippen LogP contribution in [0, 0.1) is 17.0 Å². The first kappa shape index (κ1) is 18.8. The number of hydrogen-bond acceptors (Lipinski definition) is 5. The number of carbonyl (C=O) groups is 1. The summed E-state index contributed by atoms with van der Waals surface area (Å²) in [4.78, 5) is 26.7. The molecule has 1 N–H and O–H groups in total. The SMILES string of the molecule is Cc1c([N+](=O)[O-])c(C(F)F)nn1CC(=O)Nc1ccc(Br)c2cccnc12. The monoisotopic (exact) mass is 439 g/mol. The van der Waals surface area contributed by atoms with Crippen LogP contribution in [0.15, 0.2) is 34.9 Å². The largest absolute Gasteiger partial charge is 0.323 e.